The number of aldehydes is 1. The van der Waals surface area contributed by atoms with Crippen molar-refractivity contribution in [3.8, 4) is 0 Å². The van der Waals surface area contributed by atoms with Gasteiger partial charge in [-0.1, -0.05) is 0 Å². The minimum absolute atomic E-state index is 0.126. The van der Waals surface area contributed by atoms with Crippen LogP contribution >= 0.6 is 0 Å². The third-order valence-corrected chi connectivity index (χ3v) is 1.49. The third-order valence-electron chi connectivity index (χ3n) is 1.49. The maximum atomic E-state index is 9.87. The van der Waals surface area contributed by atoms with Crippen molar-refractivity contribution in [3.63, 3.8) is 0 Å². The molecule has 0 saturated carbocycles. The van der Waals surface area contributed by atoms with Crippen LogP contribution < -0.4 is 0 Å². The highest BCUT2D eigenvalue weighted by atomic mass is 16.7. The van der Waals surface area contributed by atoms with Gasteiger partial charge in [0.15, 0.2) is 6.29 Å². The molecule has 0 spiro atoms. The summed E-state index contributed by atoms with van der Waals surface area (Å²) in [5.74, 6) is 0. The predicted molar refractivity (Wildman–Crippen MR) is 35.6 cm³/mol. The van der Waals surface area contributed by atoms with Gasteiger partial charge in [0.1, 0.15) is 12.9 Å². The molecule has 0 bridgehead atoms. The molecule has 58 valence electrons. The van der Waals surface area contributed by atoms with Gasteiger partial charge >= 0.3 is 0 Å². The molecule has 0 unspecified atom stereocenters. The maximum absolute atomic E-state index is 9.87. The Kier molecular flexibility index (Phi) is 3.40. The number of hydrogen-bond donors (Lipinski definition) is 0. The average molecular weight is 144 g/mol. The minimum atomic E-state index is -0.126. The number of carbonyl (C=O) groups excluding carboxylic acids is 1. The van der Waals surface area contributed by atoms with Crippen LogP contribution in [0.4, 0.5) is 0 Å². The summed E-state index contributed by atoms with van der Waals surface area (Å²) in [6.45, 7) is 0.925. The van der Waals surface area contributed by atoms with E-state index in [1.165, 1.54) is 0 Å². The molecule has 0 aromatic carbocycles. The van der Waals surface area contributed by atoms with Crippen LogP contribution in [-0.4, -0.2) is 25.8 Å². The molecule has 3 nitrogen and oxygen atoms in total. The molecule has 0 N–H and O–H groups in total. The van der Waals surface area contributed by atoms with Crippen LogP contribution in [-0.2, 0) is 14.3 Å². The van der Waals surface area contributed by atoms with Gasteiger partial charge in [0.25, 0.3) is 0 Å². The highest BCUT2D eigenvalue weighted by molar-refractivity contribution is 5.50. The molecule has 0 aliphatic carbocycles. The number of carbonyl (C=O) groups is 1. The summed E-state index contributed by atoms with van der Waals surface area (Å²) in [6, 6.07) is 0. The monoisotopic (exact) mass is 144 g/mol. The van der Waals surface area contributed by atoms with Gasteiger partial charge in [-0.3, -0.25) is 0 Å². The molecule has 1 saturated heterocycles. The van der Waals surface area contributed by atoms with Crippen molar-refractivity contribution in [3.05, 3.63) is 0 Å². The first-order chi connectivity index (χ1) is 4.93. The predicted octanol–water partition coefficient (Wildman–Crippen LogP) is 0.729. The van der Waals surface area contributed by atoms with Gasteiger partial charge in [-0.05, 0) is 19.3 Å². The van der Waals surface area contributed by atoms with Crippen molar-refractivity contribution < 1.29 is 14.3 Å². The summed E-state index contributed by atoms with van der Waals surface area (Å²) in [5.41, 5.74) is 0. The Balaban J connectivity index is 2.07. The van der Waals surface area contributed by atoms with Crippen LogP contribution in [0.5, 0.6) is 0 Å². The van der Waals surface area contributed by atoms with Crippen LogP contribution in [0.1, 0.15) is 19.3 Å². The van der Waals surface area contributed by atoms with Crippen LogP contribution in [0, 0.1) is 0 Å². The molecule has 10 heavy (non-hydrogen) atoms. The van der Waals surface area contributed by atoms with Gasteiger partial charge in [-0.2, -0.15) is 0 Å². The lowest BCUT2D eigenvalue weighted by atomic mass is 10.2. The van der Waals surface area contributed by atoms with Crippen LogP contribution in [0.15, 0.2) is 0 Å². The summed E-state index contributed by atoms with van der Waals surface area (Å²) < 4.78 is 10.2. The summed E-state index contributed by atoms with van der Waals surface area (Å²) >= 11 is 0. The number of hydrogen-bond acceptors (Lipinski definition) is 3. The highest BCUT2D eigenvalue weighted by Gasteiger charge is 2.12. The molecular weight excluding hydrogens is 132 g/mol. The SMILES string of the molecule is O=CCO[C@@H]1CCCCO1. The van der Waals surface area contributed by atoms with E-state index in [0.717, 1.165) is 32.2 Å². The van der Waals surface area contributed by atoms with Crippen LogP contribution in [0.3, 0.4) is 0 Å². The zero-order valence-corrected chi connectivity index (χ0v) is 5.91. The molecule has 1 rings (SSSR count). The highest BCUT2D eigenvalue weighted by Crippen LogP contribution is 2.12. The average Bonchev–Trinajstić information content (AvgIpc) is 2.03. The fourth-order valence-corrected chi connectivity index (χ4v) is 0.989. The largest absolute Gasteiger partial charge is 0.353 e. The van der Waals surface area contributed by atoms with E-state index in [0.29, 0.717) is 0 Å². The second-order valence-corrected chi connectivity index (χ2v) is 2.30. The summed E-state index contributed by atoms with van der Waals surface area (Å²) in [5, 5.41) is 0. The molecule has 0 radical (unpaired) electrons. The van der Waals surface area contributed by atoms with Gasteiger partial charge < -0.3 is 14.3 Å². The van der Waals surface area contributed by atoms with Crippen LogP contribution in [0.25, 0.3) is 0 Å². The number of ether oxygens (including phenoxy) is 2. The lowest BCUT2D eigenvalue weighted by Gasteiger charge is -2.21. The lowest BCUT2D eigenvalue weighted by molar-refractivity contribution is -0.164. The Bertz CT molecular complexity index is 97.0. The lowest BCUT2D eigenvalue weighted by Crippen LogP contribution is -2.22. The van der Waals surface area contributed by atoms with Crippen molar-refractivity contribution in [1.29, 1.82) is 0 Å². The van der Waals surface area contributed by atoms with Gasteiger partial charge in [0.2, 0.25) is 0 Å². The van der Waals surface area contributed by atoms with Crippen LogP contribution in [0.2, 0.25) is 0 Å². The Labute approximate surface area is 60.3 Å². The van der Waals surface area contributed by atoms with Gasteiger partial charge in [0.05, 0.1) is 0 Å². The molecule has 3 heteroatoms. The Morgan fingerprint density at radius 3 is 3.10 bits per heavy atom. The minimum Gasteiger partial charge on any atom is -0.353 e. The zero-order valence-electron chi connectivity index (χ0n) is 5.91. The summed E-state index contributed by atoms with van der Waals surface area (Å²) in [6.07, 6.45) is 3.80. The molecule has 1 aliphatic heterocycles. The molecule has 0 aromatic rings. The standard InChI is InChI=1S/C7H12O3/c8-4-6-10-7-3-1-2-5-9-7/h4,7H,1-3,5-6H2/t7-/m1/s1. The summed E-state index contributed by atoms with van der Waals surface area (Å²) in [7, 11) is 0. The van der Waals surface area contributed by atoms with E-state index < -0.39 is 0 Å². The molecule has 1 aliphatic rings. The Hall–Kier alpha value is -0.410. The molecule has 1 heterocycles. The second-order valence-electron chi connectivity index (χ2n) is 2.30. The topological polar surface area (TPSA) is 35.5 Å². The summed E-state index contributed by atoms with van der Waals surface area (Å²) in [4.78, 5) is 9.87. The van der Waals surface area contributed by atoms with Gasteiger partial charge in [-0.15, -0.1) is 0 Å². The molecular formula is C7H12O3. The van der Waals surface area contributed by atoms with Gasteiger partial charge in [-0.25, -0.2) is 0 Å². The molecule has 0 aromatic heterocycles. The molecule has 1 fully saturated rings. The van der Waals surface area contributed by atoms with Crippen molar-refractivity contribution in [2.75, 3.05) is 13.2 Å². The van der Waals surface area contributed by atoms with Crippen molar-refractivity contribution in [2.24, 2.45) is 0 Å². The first kappa shape index (κ1) is 7.69. The smallest absolute Gasteiger partial charge is 0.158 e. The Morgan fingerprint density at radius 2 is 2.50 bits per heavy atom. The van der Waals surface area contributed by atoms with E-state index in [4.69, 9.17) is 9.47 Å². The first-order valence-corrected chi connectivity index (χ1v) is 3.60. The zero-order chi connectivity index (χ0) is 7.23. The number of rotatable bonds is 3. The van der Waals surface area contributed by atoms with E-state index >= 15 is 0 Å². The van der Waals surface area contributed by atoms with E-state index in [1.54, 1.807) is 0 Å². The molecule has 1 atom stereocenters. The van der Waals surface area contributed by atoms with E-state index in [1.807, 2.05) is 0 Å². The van der Waals surface area contributed by atoms with Crippen molar-refractivity contribution in [2.45, 2.75) is 25.6 Å². The van der Waals surface area contributed by atoms with E-state index in [2.05, 4.69) is 0 Å². The van der Waals surface area contributed by atoms with Crippen molar-refractivity contribution >= 4 is 6.29 Å². The fraction of sp³-hybridized carbons (Fsp3) is 0.857. The normalized spacial score (nSPS) is 26.2. The quantitative estimate of drug-likeness (QED) is 0.548. The fourth-order valence-electron chi connectivity index (χ4n) is 0.989. The Morgan fingerprint density at radius 1 is 1.60 bits per heavy atom. The second kappa shape index (κ2) is 4.41. The third kappa shape index (κ3) is 2.45. The van der Waals surface area contributed by atoms with E-state index in [9.17, 15) is 4.79 Å². The maximum Gasteiger partial charge on any atom is 0.158 e. The first-order valence-electron chi connectivity index (χ1n) is 3.60. The molecule has 0 amide bonds. The van der Waals surface area contributed by atoms with E-state index in [-0.39, 0.29) is 12.9 Å². The van der Waals surface area contributed by atoms with Crippen molar-refractivity contribution in [1.82, 2.24) is 0 Å². The van der Waals surface area contributed by atoms with Gasteiger partial charge in [0, 0.05) is 6.61 Å².